The van der Waals surface area contributed by atoms with Gasteiger partial charge in [0, 0.05) is 0 Å². The van der Waals surface area contributed by atoms with Gasteiger partial charge in [0.1, 0.15) is 0 Å². The fraction of sp³-hybridized carbons (Fsp3) is 0.905. The summed E-state index contributed by atoms with van der Waals surface area (Å²) < 4.78 is 11.2. The van der Waals surface area contributed by atoms with Crippen molar-refractivity contribution in [2.24, 2.45) is 11.8 Å². The van der Waals surface area contributed by atoms with Crippen molar-refractivity contribution in [3.05, 3.63) is 12.2 Å². The quantitative estimate of drug-likeness (QED) is 0.0396. The Hall–Kier alpha value is -1.32. The molecule has 0 aromatic heterocycles. The second-order valence-electron chi connectivity index (χ2n) is 14.4. The van der Waals surface area contributed by atoms with Gasteiger partial charge < -0.3 is 9.47 Å². The van der Waals surface area contributed by atoms with Crippen LogP contribution < -0.4 is 0 Å². The molecule has 1 aliphatic carbocycles. The molecule has 0 saturated carbocycles. The monoisotopic (exact) mass is 647 g/mol. The Labute approximate surface area is 287 Å². The van der Waals surface area contributed by atoms with Gasteiger partial charge in [-0.05, 0) is 25.7 Å². The predicted molar refractivity (Wildman–Crippen MR) is 197 cm³/mol. The van der Waals surface area contributed by atoms with Crippen molar-refractivity contribution in [3.8, 4) is 0 Å². The summed E-state index contributed by atoms with van der Waals surface area (Å²) in [6.07, 6.45) is 45.0. The van der Waals surface area contributed by atoms with Gasteiger partial charge in [0.15, 0.2) is 0 Å². The standard InChI is InChI=1S/C42H78O4/c1-3-5-7-9-11-13-15-17-19-21-23-25-27-29-33-37-45-41(43)39-35-31-32-36-40(39)42(44)46-38-34-30-28-26-24-22-20-18-16-14-12-10-8-6-4-2/h31,35,39-40H,3-30,32-34,36-38H2,1-2H3. The summed E-state index contributed by atoms with van der Waals surface area (Å²) in [6.45, 7) is 5.49. The molecule has 4 nitrogen and oxygen atoms in total. The van der Waals surface area contributed by atoms with Crippen LogP contribution in [0.5, 0.6) is 0 Å². The number of esters is 2. The maximum Gasteiger partial charge on any atom is 0.313 e. The van der Waals surface area contributed by atoms with Crippen LogP contribution in [0.2, 0.25) is 0 Å². The fourth-order valence-electron chi connectivity index (χ4n) is 6.84. The molecule has 46 heavy (non-hydrogen) atoms. The molecule has 0 aromatic carbocycles. The van der Waals surface area contributed by atoms with Crippen LogP contribution in [-0.4, -0.2) is 25.2 Å². The molecule has 1 rings (SSSR count). The van der Waals surface area contributed by atoms with E-state index in [2.05, 4.69) is 13.8 Å². The zero-order valence-corrected chi connectivity index (χ0v) is 31.0. The van der Waals surface area contributed by atoms with E-state index in [0.29, 0.717) is 19.6 Å². The third-order valence-electron chi connectivity index (χ3n) is 9.98. The van der Waals surface area contributed by atoms with E-state index >= 15 is 0 Å². The average molecular weight is 647 g/mol. The molecule has 0 heterocycles. The second kappa shape index (κ2) is 33.6. The van der Waals surface area contributed by atoms with Gasteiger partial charge in [0.25, 0.3) is 0 Å². The molecule has 0 fully saturated rings. The number of allylic oxidation sites excluding steroid dienone is 1. The second-order valence-corrected chi connectivity index (χ2v) is 14.4. The fourth-order valence-corrected chi connectivity index (χ4v) is 6.84. The largest absolute Gasteiger partial charge is 0.465 e. The molecule has 2 unspecified atom stereocenters. The summed E-state index contributed by atoms with van der Waals surface area (Å²) >= 11 is 0. The summed E-state index contributed by atoms with van der Waals surface area (Å²) in [7, 11) is 0. The van der Waals surface area contributed by atoms with Crippen LogP contribution in [0.1, 0.15) is 219 Å². The molecule has 0 aliphatic heterocycles. The summed E-state index contributed by atoms with van der Waals surface area (Å²) in [4.78, 5) is 25.6. The zero-order chi connectivity index (χ0) is 33.2. The van der Waals surface area contributed by atoms with Gasteiger partial charge in [-0.2, -0.15) is 0 Å². The molecule has 270 valence electrons. The first-order chi connectivity index (χ1) is 22.7. The van der Waals surface area contributed by atoms with Gasteiger partial charge in [-0.25, -0.2) is 0 Å². The summed E-state index contributed by atoms with van der Waals surface area (Å²) in [5.74, 6) is -1.35. The lowest BCUT2D eigenvalue weighted by Crippen LogP contribution is -2.33. The summed E-state index contributed by atoms with van der Waals surface area (Å²) in [6, 6.07) is 0. The number of unbranched alkanes of at least 4 members (excludes halogenated alkanes) is 28. The SMILES string of the molecule is CCCCCCCCCCCCCCCCCOC(=O)C1C=CCCC1C(=O)OCCCCCCCCCCCCCCCCC. The van der Waals surface area contributed by atoms with Crippen molar-refractivity contribution < 1.29 is 19.1 Å². The van der Waals surface area contributed by atoms with Crippen LogP contribution >= 0.6 is 0 Å². The van der Waals surface area contributed by atoms with Gasteiger partial charge in [0.2, 0.25) is 0 Å². The van der Waals surface area contributed by atoms with E-state index < -0.39 is 11.8 Å². The van der Waals surface area contributed by atoms with E-state index in [1.807, 2.05) is 12.2 Å². The minimum atomic E-state index is -0.487. The van der Waals surface area contributed by atoms with Crippen molar-refractivity contribution >= 4 is 11.9 Å². The molecule has 0 radical (unpaired) electrons. The molecule has 0 aromatic rings. The Morgan fingerprint density at radius 1 is 0.457 bits per heavy atom. The molecule has 0 amide bonds. The maximum atomic E-state index is 12.8. The first-order valence-corrected chi connectivity index (χ1v) is 20.7. The molecule has 0 saturated heterocycles. The zero-order valence-electron chi connectivity index (χ0n) is 31.0. The molecule has 0 spiro atoms. The normalized spacial score (nSPS) is 16.1. The smallest absolute Gasteiger partial charge is 0.313 e. The lowest BCUT2D eigenvalue weighted by molar-refractivity contribution is -0.159. The number of hydrogen-bond donors (Lipinski definition) is 0. The van der Waals surface area contributed by atoms with E-state index in [-0.39, 0.29) is 11.9 Å². The van der Waals surface area contributed by atoms with Crippen LogP contribution in [0.15, 0.2) is 12.2 Å². The first kappa shape index (κ1) is 42.7. The van der Waals surface area contributed by atoms with Crippen molar-refractivity contribution in [1.82, 2.24) is 0 Å². The molecule has 0 bridgehead atoms. The third kappa shape index (κ3) is 25.7. The first-order valence-electron chi connectivity index (χ1n) is 20.7. The summed E-state index contributed by atoms with van der Waals surface area (Å²) in [5.41, 5.74) is 0. The molecule has 1 aliphatic rings. The van der Waals surface area contributed by atoms with Crippen molar-refractivity contribution in [2.45, 2.75) is 219 Å². The van der Waals surface area contributed by atoms with Gasteiger partial charge in [0.05, 0.1) is 25.0 Å². The Balaban J connectivity index is 1.97. The van der Waals surface area contributed by atoms with Crippen LogP contribution in [0.3, 0.4) is 0 Å². The highest BCUT2D eigenvalue weighted by molar-refractivity contribution is 5.83. The van der Waals surface area contributed by atoms with Gasteiger partial charge >= 0.3 is 11.9 Å². The molecule has 4 heteroatoms. The van der Waals surface area contributed by atoms with Crippen LogP contribution in [-0.2, 0) is 19.1 Å². The number of hydrogen-bond acceptors (Lipinski definition) is 4. The van der Waals surface area contributed by atoms with E-state index in [1.165, 1.54) is 167 Å². The highest BCUT2D eigenvalue weighted by atomic mass is 16.5. The van der Waals surface area contributed by atoms with Crippen LogP contribution in [0, 0.1) is 11.8 Å². The summed E-state index contributed by atoms with van der Waals surface area (Å²) in [5, 5.41) is 0. The molecule has 2 atom stereocenters. The van der Waals surface area contributed by atoms with E-state index in [0.717, 1.165) is 32.1 Å². The van der Waals surface area contributed by atoms with Crippen molar-refractivity contribution in [1.29, 1.82) is 0 Å². The van der Waals surface area contributed by atoms with Gasteiger partial charge in [-0.15, -0.1) is 0 Å². The minimum absolute atomic E-state index is 0.219. The Morgan fingerprint density at radius 3 is 1.11 bits per heavy atom. The van der Waals surface area contributed by atoms with Crippen LogP contribution in [0.4, 0.5) is 0 Å². The predicted octanol–water partition coefficient (Wildman–Crippen LogP) is 13.4. The lowest BCUT2D eigenvalue weighted by Gasteiger charge is -2.24. The van der Waals surface area contributed by atoms with E-state index in [4.69, 9.17) is 9.47 Å². The van der Waals surface area contributed by atoms with Crippen molar-refractivity contribution in [2.75, 3.05) is 13.2 Å². The number of rotatable bonds is 34. The molecular formula is C42H78O4. The Morgan fingerprint density at radius 2 is 0.761 bits per heavy atom. The minimum Gasteiger partial charge on any atom is -0.465 e. The lowest BCUT2D eigenvalue weighted by atomic mass is 9.84. The van der Waals surface area contributed by atoms with Gasteiger partial charge in [-0.1, -0.05) is 206 Å². The Bertz CT molecular complexity index is 702. The Kier molecular flexibility index (Phi) is 31.2. The number of carbonyl (C=O) groups is 2. The van der Waals surface area contributed by atoms with E-state index in [9.17, 15) is 9.59 Å². The van der Waals surface area contributed by atoms with Crippen LogP contribution in [0.25, 0.3) is 0 Å². The van der Waals surface area contributed by atoms with Gasteiger partial charge in [-0.3, -0.25) is 9.59 Å². The van der Waals surface area contributed by atoms with Crippen molar-refractivity contribution in [3.63, 3.8) is 0 Å². The number of ether oxygens (including phenoxy) is 2. The topological polar surface area (TPSA) is 52.6 Å². The average Bonchev–Trinajstić information content (AvgIpc) is 3.07. The maximum absolute atomic E-state index is 12.8. The molecular weight excluding hydrogens is 568 g/mol. The van der Waals surface area contributed by atoms with E-state index in [1.54, 1.807) is 0 Å². The number of carbonyl (C=O) groups excluding carboxylic acids is 2. The molecule has 0 N–H and O–H groups in total. The highest BCUT2D eigenvalue weighted by Crippen LogP contribution is 2.28. The third-order valence-corrected chi connectivity index (χ3v) is 9.98. The highest BCUT2D eigenvalue weighted by Gasteiger charge is 2.35.